The number of allylic oxidation sites excluding steroid dienone is 2. The van der Waals surface area contributed by atoms with Gasteiger partial charge in [0.1, 0.15) is 0 Å². The van der Waals surface area contributed by atoms with Crippen molar-refractivity contribution in [2.24, 2.45) is 11.7 Å². The first kappa shape index (κ1) is 27.1. The number of nitrogens with one attached hydrogen (secondary N) is 2. The first-order chi connectivity index (χ1) is 16.7. The minimum Gasteiger partial charge on any atom is -0.402 e. The number of anilines is 1. The Bertz CT molecular complexity index is 921. The van der Waals surface area contributed by atoms with Crippen molar-refractivity contribution in [1.29, 1.82) is 0 Å². The summed E-state index contributed by atoms with van der Waals surface area (Å²) in [5, 5.41) is 6.49. The lowest BCUT2D eigenvalue weighted by atomic mass is 9.93. The number of hydrogen-bond acceptors (Lipinski definition) is 4. The van der Waals surface area contributed by atoms with Crippen molar-refractivity contribution >= 4 is 29.2 Å². The molecule has 3 rings (SSSR count). The molecule has 1 aromatic carbocycles. The van der Waals surface area contributed by atoms with Gasteiger partial charge >= 0.3 is 6.03 Å². The summed E-state index contributed by atoms with van der Waals surface area (Å²) in [5.41, 5.74) is 9.62. The number of hydrogen-bond donors (Lipinski definition) is 3. The van der Waals surface area contributed by atoms with E-state index in [1.807, 2.05) is 30.9 Å². The van der Waals surface area contributed by atoms with Gasteiger partial charge < -0.3 is 21.3 Å². The molecule has 2 saturated heterocycles. The monoisotopic (exact) mass is 501 g/mol. The number of benzene rings is 1. The molecular weight excluding hydrogens is 462 g/mol. The Morgan fingerprint density at radius 1 is 1.11 bits per heavy atom. The molecule has 2 heterocycles. The second-order valence-electron chi connectivity index (χ2n) is 9.84. The van der Waals surface area contributed by atoms with Gasteiger partial charge in [-0.15, -0.1) is 0 Å². The summed E-state index contributed by atoms with van der Waals surface area (Å²) in [4.78, 5) is 29.9. The Labute approximate surface area is 214 Å². The van der Waals surface area contributed by atoms with Gasteiger partial charge in [0.05, 0.1) is 0 Å². The Morgan fingerprint density at radius 2 is 1.80 bits per heavy atom. The van der Waals surface area contributed by atoms with Gasteiger partial charge in [0.2, 0.25) is 5.91 Å². The van der Waals surface area contributed by atoms with Crippen LogP contribution >= 0.6 is 11.6 Å². The van der Waals surface area contributed by atoms with Gasteiger partial charge in [0.15, 0.2) is 0 Å². The molecule has 0 unspecified atom stereocenters. The number of carbonyl (C=O) groups excluding carboxylic acids is 2. The number of carbonyl (C=O) groups is 2. The van der Waals surface area contributed by atoms with Crippen molar-refractivity contribution in [1.82, 2.24) is 15.1 Å². The number of amides is 3. The SMILES string of the molecule is CC/C=C(\C=C(/C)N)CN1CCC(C(=O)N2CCC(NC(=O)Nc3cc(C)cc(Cl)c3)CC2)CC1. The van der Waals surface area contributed by atoms with Gasteiger partial charge in [-0.3, -0.25) is 9.69 Å². The molecule has 0 spiro atoms. The van der Waals surface area contributed by atoms with Crippen LogP contribution in [0, 0.1) is 12.8 Å². The third-order valence-electron chi connectivity index (χ3n) is 6.66. The number of aryl methyl sites for hydroxylation is 1. The second kappa shape index (κ2) is 13.0. The Kier molecular flexibility index (Phi) is 10.0. The third kappa shape index (κ3) is 8.58. The number of likely N-dealkylation sites (tertiary alicyclic amines) is 2. The van der Waals surface area contributed by atoms with Gasteiger partial charge in [-0.1, -0.05) is 24.6 Å². The number of urea groups is 1. The molecule has 0 aromatic heterocycles. The van der Waals surface area contributed by atoms with Gasteiger partial charge in [-0.25, -0.2) is 4.79 Å². The van der Waals surface area contributed by atoms with Crippen LogP contribution in [0.5, 0.6) is 0 Å². The number of rotatable bonds is 7. The highest BCUT2D eigenvalue weighted by Crippen LogP contribution is 2.23. The summed E-state index contributed by atoms with van der Waals surface area (Å²) >= 11 is 6.07. The fourth-order valence-corrected chi connectivity index (χ4v) is 5.27. The maximum Gasteiger partial charge on any atom is 0.319 e. The average Bonchev–Trinajstić information content (AvgIpc) is 2.78. The minimum absolute atomic E-state index is 0.0593. The molecule has 192 valence electrons. The normalized spacial score (nSPS) is 19.0. The number of piperidine rings is 2. The average molecular weight is 502 g/mol. The molecule has 2 aliphatic heterocycles. The van der Waals surface area contributed by atoms with E-state index in [0.29, 0.717) is 23.8 Å². The van der Waals surface area contributed by atoms with Crippen LogP contribution in [-0.2, 0) is 4.79 Å². The lowest BCUT2D eigenvalue weighted by Crippen LogP contribution is -2.50. The molecule has 0 saturated carbocycles. The van der Waals surface area contributed by atoms with Crippen LogP contribution in [0.25, 0.3) is 0 Å². The molecule has 7 nitrogen and oxygen atoms in total. The predicted octanol–water partition coefficient (Wildman–Crippen LogP) is 4.67. The van der Waals surface area contributed by atoms with E-state index < -0.39 is 0 Å². The smallest absolute Gasteiger partial charge is 0.319 e. The fraction of sp³-hybridized carbons (Fsp3) is 0.556. The van der Waals surface area contributed by atoms with E-state index in [4.69, 9.17) is 17.3 Å². The van der Waals surface area contributed by atoms with Crippen molar-refractivity contribution in [3.63, 3.8) is 0 Å². The van der Waals surface area contributed by atoms with Crippen LogP contribution in [0.15, 0.2) is 41.6 Å². The van der Waals surface area contributed by atoms with Crippen molar-refractivity contribution in [2.45, 2.75) is 58.9 Å². The predicted molar refractivity (Wildman–Crippen MR) is 143 cm³/mol. The van der Waals surface area contributed by atoms with Gasteiger partial charge in [0.25, 0.3) is 0 Å². The summed E-state index contributed by atoms with van der Waals surface area (Å²) in [6.45, 7) is 10.1. The van der Waals surface area contributed by atoms with E-state index in [9.17, 15) is 9.59 Å². The molecule has 0 bridgehead atoms. The maximum absolute atomic E-state index is 13.1. The molecule has 2 fully saturated rings. The Hall–Kier alpha value is -2.51. The molecule has 0 aliphatic carbocycles. The molecular formula is C27H40ClN5O2. The van der Waals surface area contributed by atoms with Gasteiger partial charge in [-0.2, -0.15) is 0 Å². The van der Waals surface area contributed by atoms with E-state index in [-0.39, 0.29) is 23.9 Å². The highest BCUT2D eigenvalue weighted by atomic mass is 35.5. The van der Waals surface area contributed by atoms with Crippen LogP contribution in [0.3, 0.4) is 0 Å². The number of halogens is 1. The van der Waals surface area contributed by atoms with E-state index in [2.05, 4.69) is 34.6 Å². The van der Waals surface area contributed by atoms with Crippen LogP contribution in [-0.4, -0.2) is 60.5 Å². The second-order valence-corrected chi connectivity index (χ2v) is 10.3. The summed E-state index contributed by atoms with van der Waals surface area (Å²) < 4.78 is 0. The first-order valence-corrected chi connectivity index (χ1v) is 13.1. The molecule has 2 aliphatic rings. The van der Waals surface area contributed by atoms with Crippen molar-refractivity contribution in [3.8, 4) is 0 Å². The van der Waals surface area contributed by atoms with E-state index in [1.54, 1.807) is 6.07 Å². The number of nitrogens with zero attached hydrogens (tertiary/aromatic N) is 2. The minimum atomic E-state index is -0.236. The summed E-state index contributed by atoms with van der Waals surface area (Å²) in [5.74, 6) is 0.361. The highest BCUT2D eigenvalue weighted by Gasteiger charge is 2.31. The number of nitrogens with two attached hydrogens (primary N) is 1. The molecule has 8 heteroatoms. The lowest BCUT2D eigenvalue weighted by molar-refractivity contribution is -0.138. The first-order valence-electron chi connectivity index (χ1n) is 12.7. The van der Waals surface area contributed by atoms with Crippen LogP contribution in [0.1, 0.15) is 51.5 Å². The zero-order valence-corrected chi connectivity index (χ0v) is 22.0. The molecule has 4 N–H and O–H groups in total. The molecule has 0 radical (unpaired) electrons. The standard InChI is InChI=1S/C27H40ClN5O2/c1-4-5-21(16-20(3)29)18-32-10-6-22(7-11-32)26(34)33-12-8-24(9-13-33)30-27(35)31-25-15-19(2)14-23(28)17-25/h5,14-17,22,24H,4,6-13,18,29H2,1-3H3,(H2,30,31,35)/b20-16+,21-5+. The fourth-order valence-electron chi connectivity index (χ4n) is 4.98. The van der Waals surface area contributed by atoms with Crippen molar-refractivity contribution < 1.29 is 9.59 Å². The van der Waals surface area contributed by atoms with E-state index in [1.165, 1.54) is 5.57 Å². The topological polar surface area (TPSA) is 90.7 Å². The molecule has 35 heavy (non-hydrogen) atoms. The van der Waals surface area contributed by atoms with Crippen LogP contribution in [0.4, 0.5) is 10.5 Å². The largest absolute Gasteiger partial charge is 0.402 e. The molecule has 3 amide bonds. The van der Waals surface area contributed by atoms with Gasteiger partial charge in [0, 0.05) is 48.0 Å². The summed E-state index contributed by atoms with van der Waals surface area (Å²) in [6, 6.07) is 5.29. The van der Waals surface area contributed by atoms with Crippen LogP contribution in [0.2, 0.25) is 5.02 Å². The lowest BCUT2D eigenvalue weighted by Gasteiger charge is -2.37. The van der Waals surface area contributed by atoms with Gasteiger partial charge in [-0.05, 0) is 94.5 Å². The van der Waals surface area contributed by atoms with Crippen LogP contribution < -0.4 is 16.4 Å². The summed E-state index contributed by atoms with van der Waals surface area (Å²) in [7, 11) is 0. The van der Waals surface area contributed by atoms with Crippen molar-refractivity contribution in [3.05, 3.63) is 52.2 Å². The van der Waals surface area contributed by atoms with E-state index >= 15 is 0 Å². The molecule has 0 atom stereocenters. The Balaban J connectivity index is 1.40. The quantitative estimate of drug-likeness (QED) is 0.473. The zero-order valence-electron chi connectivity index (χ0n) is 21.3. The maximum atomic E-state index is 13.1. The third-order valence-corrected chi connectivity index (χ3v) is 6.88. The Morgan fingerprint density at radius 3 is 2.40 bits per heavy atom. The van der Waals surface area contributed by atoms with Crippen molar-refractivity contribution in [2.75, 3.05) is 38.0 Å². The highest BCUT2D eigenvalue weighted by molar-refractivity contribution is 6.31. The molecule has 1 aromatic rings. The summed E-state index contributed by atoms with van der Waals surface area (Å²) in [6.07, 6.45) is 8.58. The van der Waals surface area contributed by atoms with E-state index in [0.717, 1.165) is 63.0 Å². The zero-order chi connectivity index (χ0) is 25.4.